The Hall–Kier alpha value is -1.72. The Labute approximate surface area is 109 Å². The van der Waals surface area contributed by atoms with Crippen molar-refractivity contribution in [2.24, 2.45) is 0 Å². The maximum absolute atomic E-state index is 11.1. The summed E-state index contributed by atoms with van der Waals surface area (Å²) in [5, 5.41) is 2.52. The molecular formula is C16H15OP. The SMILES string of the molecule is CC(=O)C=CP(c1ccccc1)c1ccccc1. The van der Waals surface area contributed by atoms with Gasteiger partial charge >= 0.3 is 0 Å². The van der Waals surface area contributed by atoms with Crippen molar-refractivity contribution in [3.05, 3.63) is 72.6 Å². The van der Waals surface area contributed by atoms with E-state index in [0.717, 1.165) is 0 Å². The molecule has 0 aliphatic rings. The molecule has 0 aliphatic carbocycles. The molecule has 0 atom stereocenters. The molecule has 2 aromatic carbocycles. The molecule has 0 heterocycles. The number of hydrogen-bond acceptors (Lipinski definition) is 1. The van der Waals surface area contributed by atoms with Gasteiger partial charge in [-0.3, -0.25) is 4.79 Å². The van der Waals surface area contributed by atoms with Gasteiger partial charge in [-0.15, -0.1) is 0 Å². The van der Waals surface area contributed by atoms with Gasteiger partial charge in [0.15, 0.2) is 5.78 Å². The van der Waals surface area contributed by atoms with Crippen LogP contribution in [0, 0.1) is 0 Å². The molecule has 18 heavy (non-hydrogen) atoms. The molecule has 90 valence electrons. The van der Waals surface area contributed by atoms with E-state index in [1.165, 1.54) is 10.6 Å². The summed E-state index contributed by atoms with van der Waals surface area (Å²) < 4.78 is 0. The largest absolute Gasteiger partial charge is 0.295 e. The van der Waals surface area contributed by atoms with Crippen LogP contribution in [0.5, 0.6) is 0 Å². The lowest BCUT2D eigenvalue weighted by atomic mass is 10.4. The molecular weight excluding hydrogens is 239 g/mol. The van der Waals surface area contributed by atoms with Crippen molar-refractivity contribution in [2.75, 3.05) is 0 Å². The van der Waals surface area contributed by atoms with Gasteiger partial charge in [-0.25, -0.2) is 0 Å². The smallest absolute Gasteiger partial charge is 0.152 e. The summed E-state index contributed by atoms with van der Waals surface area (Å²) in [4.78, 5) is 11.1. The second kappa shape index (κ2) is 6.28. The summed E-state index contributed by atoms with van der Waals surface area (Å²) in [7, 11) is -0.585. The highest BCUT2D eigenvalue weighted by Crippen LogP contribution is 2.34. The van der Waals surface area contributed by atoms with E-state index in [9.17, 15) is 4.79 Å². The van der Waals surface area contributed by atoms with Gasteiger partial charge in [-0.1, -0.05) is 60.7 Å². The van der Waals surface area contributed by atoms with Gasteiger partial charge in [-0.2, -0.15) is 0 Å². The Kier molecular flexibility index (Phi) is 4.44. The van der Waals surface area contributed by atoms with Crippen molar-refractivity contribution in [3.63, 3.8) is 0 Å². The fraction of sp³-hybridized carbons (Fsp3) is 0.0625. The van der Waals surface area contributed by atoms with Crippen LogP contribution in [0.15, 0.2) is 72.6 Å². The fourth-order valence-electron chi connectivity index (χ4n) is 1.68. The molecule has 1 nitrogen and oxygen atoms in total. The van der Waals surface area contributed by atoms with E-state index < -0.39 is 7.92 Å². The molecule has 0 unspecified atom stereocenters. The molecule has 0 aliphatic heterocycles. The number of carbonyl (C=O) groups is 1. The number of ketones is 1. The summed E-state index contributed by atoms with van der Waals surface area (Å²) in [5.41, 5.74) is 0. The molecule has 0 aromatic heterocycles. The highest BCUT2D eigenvalue weighted by Gasteiger charge is 2.09. The Morgan fingerprint density at radius 1 is 0.889 bits per heavy atom. The van der Waals surface area contributed by atoms with Crippen LogP contribution in [0.3, 0.4) is 0 Å². The Morgan fingerprint density at radius 2 is 1.33 bits per heavy atom. The van der Waals surface area contributed by atoms with Crippen LogP contribution in [-0.2, 0) is 4.79 Å². The minimum atomic E-state index is -0.585. The minimum Gasteiger partial charge on any atom is -0.295 e. The van der Waals surface area contributed by atoms with E-state index in [1.54, 1.807) is 13.0 Å². The van der Waals surface area contributed by atoms with Crippen molar-refractivity contribution in [1.82, 2.24) is 0 Å². The fourth-order valence-corrected chi connectivity index (χ4v) is 3.67. The predicted molar refractivity (Wildman–Crippen MR) is 78.9 cm³/mol. The third-order valence-corrected chi connectivity index (χ3v) is 4.68. The lowest BCUT2D eigenvalue weighted by Gasteiger charge is -2.13. The molecule has 2 rings (SSSR count). The van der Waals surface area contributed by atoms with E-state index >= 15 is 0 Å². The number of carbonyl (C=O) groups excluding carboxylic acids is 1. The van der Waals surface area contributed by atoms with E-state index in [1.807, 2.05) is 42.2 Å². The van der Waals surface area contributed by atoms with Crippen LogP contribution in [0.4, 0.5) is 0 Å². The number of rotatable bonds is 4. The molecule has 0 N–H and O–H groups in total. The third kappa shape index (κ3) is 3.38. The lowest BCUT2D eigenvalue weighted by Crippen LogP contribution is -2.09. The van der Waals surface area contributed by atoms with Crippen LogP contribution >= 0.6 is 7.92 Å². The van der Waals surface area contributed by atoms with Gasteiger partial charge in [0.25, 0.3) is 0 Å². The second-order valence-corrected chi connectivity index (χ2v) is 6.04. The predicted octanol–water partition coefficient (Wildman–Crippen LogP) is 3.22. The number of allylic oxidation sites excluding steroid dienone is 1. The number of hydrogen-bond donors (Lipinski definition) is 0. The van der Waals surface area contributed by atoms with Gasteiger partial charge < -0.3 is 0 Å². The quantitative estimate of drug-likeness (QED) is 0.604. The van der Waals surface area contributed by atoms with E-state index in [-0.39, 0.29) is 5.78 Å². The monoisotopic (exact) mass is 254 g/mol. The Bertz CT molecular complexity index is 492. The average Bonchev–Trinajstić information content (AvgIpc) is 2.41. The molecule has 0 spiro atoms. The summed E-state index contributed by atoms with van der Waals surface area (Å²) in [6.45, 7) is 1.58. The number of benzene rings is 2. The van der Waals surface area contributed by atoms with Crippen molar-refractivity contribution in [1.29, 1.82) is 0 Å². The van der Waals surface area contributed by atoms with E-state index in [2.05, 4.69) is 24.3 Å². The van der Waals surface area contributed by atoms with Gasteiger partial charge in [0.1, 0.15) is 0 Å². The van der Waals surface area contributed by atoms with Crippen LogP contribution in [0.25, 0.3) is 0 Å². The van der Waals surface area contributed by atoms with Gasteiger partial charge in [0.05, 0.1) is 0 Å². The molecule has 0 saturated heterocycles. The first kappa shape index (κ1) is 12.7. The molecule has 0 saturated carbocycles. The van der Waals surface area contributed by atoms with Crippen molar-refractivity contribution in [3.8, 4) is 0 Å². The maximum Gasteiger partial charge on any atom is 0.152 e. The zero-order chi connectivity index (χ0) is 12.8. The topological polar surface area (TPSA) is 17.1 Å². The van der Waals surface area contributed by atoms with E-state index in [4.69, 9.17) is 0 Å². The van der Waals surface area contributed by atoms with Gasteiger partial charge in [0, 0.05) is 0 Å². The van der Waals surface area contributed by atoms with Crippen LogP contribution in [-0.4, -0.2) is 5.78 Å². The first-order valence-electron chi connectivity index (χ1n) is 5.85. The lowest BCUT2D eigenvalue weighted by molar-refractivity contribution is -0.112. The van der Waals surface area contributed by atoms with E-state index in [0.29, 0.717) is 0 Å². The minimum absolute atomic E-state index is 0.0920. The molecule has 2 heteroatoms. The maximum atomic E-state index is 11.1. The molecule has 0 bridgehead atoms. The molecule has 0 fully saturated rings. The molecule has 0 amide bonds. The summed E-state index contributed by atoms with van der Waals surface area (Å²) >= 11 is 0. The summed E-state index contributed by atoms with van der Waals surface area (Å²) in [6, 6.07) is 20.6. The first-order valence-corrected chi connectivity index (χ1v) is 7.26. The first-order chi connectivity index (χ1) is 8.77. The zero-order valence-corrected chi connectivity index (χ0v) is 11.2. The highest BCUT2D eigenvalue weighted by atomic mass is 31.1. The van der Waals surface area contributed by atoms with Crippen molar-refractivity contribution in [2.45, 2.75) is 6.92 Å². The summed E-state index contributed by atoms with van der Waals surface area (Å²) in [6.07, 6.45) is 1.67. The van der Waals surface area contributed by atoms with Crippen LogP contribution in [0.2, 0.25) is 0 Å². The van der Waals surface area contributed by atoms with Crippen molar-refractivity contribution >= 4 is 24.3 Å². The van der Waals surface area contributed by atoms with Gasteiger partial charge in [0.2, 0.25) is 0 Å². The zero-order valence-electron chi connectivity index (χ0n) is 10.3. The van der Waals surface area contributed by atoms with Crippen LogP contribution in [0.1, 0.15) is 6.92 Å². The summed E-state index contributed by atoms with van der Waals surface area (Å²) in [5.74, 6) is 2.12. The normalized spacial score (nSPS) is 11.0. The van der Waals surface area contributed by atoms with Crippen molar-refractivity contribution < 1.29 is 4.79 Å². The molecule has 2 aromatic rings. The molecule has 0 radical (unpaired) electrons. The third-order valence-electron chi connectivity index (χ3n) is 2.53. The highest BCUT2D eigenvalue weighted by molar-refractivity contribution is 7.75. The Balaban J connectivity index is 2.38. The second-order valence-electron chi connectivity index (χ2n) is 3.97. The Morgan fingerprint density at radius 3 is 1.72 bits per heavy atom. The standard InChI is InChI=1S/C16H15OP/c1-14(17)12-13-18(15-8-4-2-5-9-15)16-10-6-3-7-11-16/h2-13H,1H3. The van der Waals surface area contributed by atoms with Gasteiger partial charge in [-0.05, 0) is 37.3 Å². The van der Waals surface area contributed by atoms with Crippen LogP contribution < -0.4 is 10.6 Å². The average molecular weight is 254 g/mol.